The van der Waals surface area contributed by atoms with Crippen molar-refractivity contribution < 1.29 is 0 Å². The Morgan fingerprint density at radius 1 is 1.57 bits per heavy atom. The Morgan fingerprint density at radius 2 is 2.29 bits per heavy atom. The maximum absolute atomic E-state index is 5.84. The van der Waals surface area contributed by atoms with Gasteiger partial charge in [-0.15, -0.1) is 5.10 Å². The molecule has 0 radical (unpaired) electrons. The minimum absolute atomic E-state index is 0.199. The van der Waals surface area contributed by atoms with E-state index in [2.05, 4.69) is 10.1 Å². The lowest BCUT2D eigenvalue weighted by Crippen LogP contribution is -2.07. The minimum atomic E-state index is -0.199. The van der Waals surface area contributed by atoms with E-state index in [9.17, 15) is 0 Å². The van der Waals surface area contributed by atoms with Gasteiger partial charge < -0.3 is 11.5 Å². The third-order valence-electron chi connectivity index (χ3n) is 1.87. The van der Waals surface area contributed by atoms with Crippen molar-refractivity contribution >= 4 is 22.9 Å². The molecule has 1 atom stereocenters. The molecule has 0 saturated heterocycles. The number of aromatic nitrogens is 3. The number of nitrogens with zero attached hydrogens (tertiary/aromatic N) is 3. The van der Waals surface area contributed by atoms with Gasteiger partial charge >= 0.3 is 0 Å². The zero-order chi connectivity index (χ0) is 10.3. The van der Waals surface area contributed by atoms with Crippen LogP contribution in [-0.4, -0.2) is 14.6 Å². The van der Waals surface area contributed by atoms with Crippen LogP contribution in [0, 0.1) is 0 Å². The van der Waals surface area contributed by atoms with Crippen molar-refractivity contribution in [3.63, 3.8) is 0 Å². The maximum Gasteiger partial charge on any atom is 0.168 e. The number of nitrogen functional groups attached to an aromatic ring is 1. The van der Waals surface area contributed by atoms with Gasteiger partial charge in [-0.05, 0) is 6.92 Å². The molecule has 1 unspecified atom stereocenters. The van der Waals surface area contributed by atoms with Crippen LogP contribution in [0.5, 0.6) is 0 Å². The van der Waals surface area contributed by atoms with Gasteiger partial charge in [-0.25, -0.2) is 9.50 Å². The Balaban J connectivity index is 2.66. The molecule has 0 amide bonds. The molecule has 0 aromatic carbocycles. The van der Waals surface area contributed by atoms with Crippen LogP contribution >= 0.6 is 11.6 Å². The molecule has 0 bridgehead atoms. The highest BCUT2D eigenvalue weighted by atomic mass is 35.5. The molecule has 14 heavy (non-hydrogen) atoms. The summed E-state index contributed by atoms with van der Waals surface area (Å²) in [6, 6.07) is 1.46. The van der Waals surface area contributed by atoms with Gasteiger partial charge in [-0.2, -0.15) is 0 Å². The molecule has 2 heterocycles. The number of anilines is 1. The quantitative estimate of drug-likeness (QED) is 0.737. The van der Waals surface area contributed by atoms with E-state index in [0.717, 1.165) is 0 Å². The number of rotatable bonds is 1. The smallest absolute Gasteiger partial charge is 0.168 e. The van der Waals surface area contributed by atoms with E-state index in [-0.39, 0.29) is 6.04 Å². The summed E-state index contributed by atoms with van der Waals surface area (Å²) in [4.78, 5) is 4.20. The fourth-order valence-corrected chi connectivity index (χ4v) is 1.28. The van der Waals surface area contributed by atoms with Crippen LogP contribution in [0.3, 0.4) is 0 Å². The zero-order valence-electron chi connectivity index (χ0n) is 7.61. The monoisotopic (exact) mass is 211 g/mol. The Hall–Kier alpha value is -1.33. The first-order chi connectivity index (χ1) is 6.58. The van der Waals surface area contributed by atoms with Crippen molar-refractivity contribution in [2.24, 2.45) is 5.73 Å². The van der Waals surface area contributed by atoms with Crippen molar-refractivity contribution in [2.45, 2.75) is 13.0 Å². The molecule has 2 rings (SSSR count). The molecule has 0 aliphatic rings. The lowest BCUT2D eigenvalue weighted by molar-refractivity contribution is 0.734. The zero-order valence-corrected chi connectivity index (χ0v) is 8.36. The summed E-state index contributed by atoms with van der Waals surface area (Å²) in [7, 11) is 0. The Morgan fingerprint density at radius 3 is 2.93 bits per heavy atom. The van der Waals surface area contributed by atoms with Crippen molar-refractivity contribution in [3.05, 3.63) is 23.1 Å². The third kappa shape index (κ3) is 1.40. The first-order valence-corrected chi connectivity index (χ1v) is 4.52. The summed E-state index contributed by atoms with van der Waals surface area (Å²) in [5, 5.41) is 4.63. The number of pyridine rings is 1. The third-order valence-corrected chi connectivity index (χ3v) is 2.20. The molecule has 74 valence electrons. The van der Waals surface area contributed by atoms with E-state index in [1.807, 2.05) is 6.92 Å². The van der Waals surface area contributed by atoms with E-state index < -0.39 is 0 Å². The molecule has 0 aliphatic heterocycles. The first kappa shape index (κ1) is 9.23. The highest BCUT2D eigenvalue weighted by Gasteiger charge is 2.09. The molecule has 0 spiro atoms. The number of hydrogen-bond donors (Lipinski definition) is 2. The Kier molecular flexibility index (Phi) is 2.05. The largest absolute Gasteiger partial charge is 0.396 e. The van der Waals surface area contributed by atoms with Crippen molar-refractivity contribution in [2.75, 3.05) is 5.73 Å². The maximum atomic E-state index is 5.84. The van der Waals surface area contributed by atoms with Gasteiger partial charge in [0.1, 0.15) is 0 Å². The van der Waals surface area contributed by atoms with Crippen LogP contribution in [0.25, 0.3) is 5.65 Å². The second-order valence-corrected chi connectivity index (χ2v) is 3.55. The number of hydrogen-bond acceptors (Lipinski definition) is 4. The fraction of sp³-hybridized carbons (Fsp3) is 0.250. The summed E-state index contributed by atoms with van der Waals surface area (Å²) in [5.74, 6) is 0.576. The second kappa shape index (κ2) is 3.11. The molecular formula is C8H10ClN5. The van der Waals surface area contributed by atoms with E-state index in [1.54, 1.807) is 16.8 Å². The van der Waals surface area contributed by atoms with E-state index >= 15 is 0 Å². The minimum Gasteiger partial charge on any atom is -0.396 e. The molecule has 2 aromatic rings. The number of fused-ring (bicyclic) bond motifs is 1. The Labute approximate surface area is 85.7 Å². The average Bonchev–Trinajstić information content (AvgIpc) is 2.48. The molecule has 0 saturated carbocycles. The van der Waals surface area contributed by atoms with E-state index in [0.29, 0.717) is 22.2 Å². The highest BCUT2D eigenvalue weighted by Crippen LogP contribution is 2.19. The topological polar surface area (TPSA) is 82.2 Å². The lowest BCUT2D eigenvalue weighted by Gasteiger charge is -1.96. The standard InChI is InChI=1S/C8H10ClN5/c1-4(10)8-12-7-2-5(9)6(11)3-14(7)13-8/h2-4H,10-11H2,1H3. The fourth-order valence-electron chi connectivity index (χ4n) is 1.13. The molecule has 0 fully saturated rings. The van der Waals surface area contributed by atoms with Crippen LogP contribution in [-0.2, 0) is 0 Å². The second-order valence-electron chi connectivity index (χ2n) is 3.14. The molecule has 0 aliphatic carbocycles. The predicted octanol–water partition coefficient (Wildman–Crippen LogP) is 0.985. The lowest BCUT2D eigenvalue weighted by atomic mass is 10.3. The van der Waals surface area contributed by atoms with E-state index in [1.165, 1.54) is 0 Å². The van der Waals surface area contributed by atoms with Gasteiger partial charge in [0.25, 0.3) is 0 Å². The molecule has 2 aromatic heterocycles. The van der Waals surface area contributed by atoms with Crippen LogP contribution in [0.15, 0.2) is 12.3 Å². The van der Waals surface area contributed by atoms with Gasteiger partial charge in [0.05, 0.1) is 22.9 Å². The van der Waals surface area contributed by atoms with Gasteiger partial charge in [-0.1, -0.05) is 11.6 Å². The van der Waals surface area contributed by atoms with Gasteiger partial charge in [-0.3, -0.25) is 0 Å². The number of halogens is 1. The normalized spacial score (nSPS) is 13.4. The molecular weight excluding hydrogens is 202 g/mol. The summed E-state index contributed by atoms with van der Waals surface area (Å²) in [5.41, 5.74) is 12.4. The van der Waals surface area contributed by atoms with Gasteiger partial charge in [0, 0.05) is 6.07 Å². The molecule has 5 nitrogen and oxygen atoms in total. The Bertz CT molecular complexity index is 437. The average molecular weight is 212 g/mol. The SMILES string of the molecule is CC(N)c1nc2cc(Cl)c(N)cn2n1. The van der Waals surface area contributed by atoms with Crippen LogP contribution in [0.1, 0.15) is 18.8 Å². The summed E-state index contributed by atoms with van der Waals surface area (Å²) in [6.07, 6.45) is 1.62. The number of nitrogens with two attached hydrogens (primary N) is 2. The summed E-state index contributed by atoms with van der Waals surface area (Å²) >= 11 is 5.84. The summed E-state index contributed by atoms with van der Waals surface area (Å²) in [6.45, 7) is 1.82. The van der Waals surface area contributed by atoms with E-state index in [4.69, 9.17) is 23.1 Å². The van der Waals surface area contributed by atoms with Gasteiger partial charge in [0.15, 0.2) is 11.5 Å². The molecule has 6 heteroatoms. The van der Waals surface area contributed by atoms with Crippen LogP contribution in [0.4, 0.5) is 5.69 Å². The predicted molar refractivity (Wildman–Crippen MR) is 55.0 cm³/mol. The summed E-state index contributed by atoms with van der Waals surface area (Å²) < 4.78 is 1.57. The van der Waals surface area contributed by atoms with Crippen molar-refractivity contribution in [1.29, 1.82) is 0 Å². The van der Waals surface area contributed by atoms with Gasteiger partial charge in [0.2, 0.25) is 0 Å². The van der Waals surface area contributed by atoms with Crippen molar-refractivity contribution in [3.8, 4) is 0 Å². The first-order valence-electron chi connectivity index (χ1n) is 4.15. The highest BCUT2D eigenvalue weighted by molar-refractivity contribution is 6.33. The van der Waals surface area contributed by atoms with Crippen LogP contribution in [0.2, 0.25) is 5.02 Å². The van der Waals surface area contributed by atoms with Crippen molar-refractivity contribution in [1.82, 2.24) is 14.6 Å². The molecule has 4 N–H and O–H groups in total. The van der Waals surface area contributed by atoms with Crippen LogP contribution < -0.4 is 11.5 Å².